The van der Waals surface area contributed by atoms with E-state index in [-0.39, 0.29) is 5.75 Å². The van der Waals surface area contributed by atoms with E-state index in [4.69, 9.17) is 9.47 Å². The molecule has 0 aliphatic heterocycles. The first-order chi connectivity index (χ1) is 9.17. The Morgan fingerprint density at radius 1 is 1.00 bits per heavy atom. The molecule has 1 N–H and O–H groups in total. The smallest absolute Gasteiger partial charge is 0.126 e. The molecule has 19 heavy (non-hydrogen) atoms. The fourth-order valence-electron chi connectivity index (χ4n) is 1.63. The van der Waals surface area contributed by atoms with Crippen LogP contribution in [0.25, 0.3) is 6.08 Å². The Bertz CT molecular complexity index is 571. The molecule has 3 nitrogen and oxygen atoms in total. The molecular weight excluding hydrogens is 240 g/mol. The summed E-state index contributed by atoms with van der Waals surface area (Å²) >= 11 is 0. The maximum atomic E-state index is 9.52. The third kappa shape index (κ3) is 3.78. The summed E-state index contributed by atoms with van der Waals surface area (Å²) < 4.78 is 10.6. The van der Waals surface area contributed by atoms with E-state index in [0.29, 0.717) is 5.75 Å². The van der Waals surface area contributed by atoms with Crippen molar-refractivity contribution in [1.82, 2.24) is 0 Å². The van der Waals surface area contributed by atoms with Crippen molar-refractivity contribution in [3.05, 3.63) is 59.9 Å². The Balaban J connectivity index is 2.06. The van der Waals surface area contributed by atoms with Crippen molar-refractivity contribution < 1.29 is 14.6 Å². The summed E-state index contributed by atoms with van der Waals surface area (Å²) in [7, 11) is 1.56. The topological polar surface area (TPSA) is 38.7 Å². The van der Waals surface area contributed by atoms with Gasteiger partial charge in [-0.1, -0.05) is 17.7 Å². The highest BCUT2D eigenvalue weighted by Crippen LogP contribution is 2.22. The molecule has 0 saturated carbocycles. The number of hydrogen-bond acceptors (Lipinski definition) is 3. The molecule has 2 rings (SSSR count). The van der Waals surface area contributed by atoms with Gasteiger partial charge in [-0.15, -0.1) is 0 Å². The zero-order valence-corrected chi connectivity index (χ0v) is 11.0. The van der Waals surface area contributed by atoms with Crippen LogP contribution in [0.3, 0.4) is 0 Å². The first kappa shape index (κ1) is 13.0. The second-order valence-electron chi connectivity index (χ2n) is 4.20. The van der Waals surface area contributed by atoms with Gasteiger partial charge >= 0.3 is 0 Å². The zero-order valence-electron chi connectivity index (χ0n) is 11.0. The Morgan fingerprint density at radius 3 is 2.42 bits per heavy atom. The van der Waals surface area contributed by atoms with Gasteiger partial charge in [0.2, 0.25) is 0 Å². The van der Waals surface area contributed by atoms with Crippen LogP contribution in [0, 0.1) is 6.92 Å². The van der Waals surface area contributed by atoms with Crippen molar-refractivity contribution in [2.24, 2.45) is 0 Å². The molecule has 0 atom stereocenters. The van der Waals surface area contributed by atoms with Crippen molar-refractivity contribution in [1.29, 1.82) is 0 Å². The Kier molecular flexibility index (Phi) is 4.08. The molecule has 0 heterocycles. The molecular formula is C16H16O3. The van der Waals surface area contributed by atoms with E-state index in [0.717, 1.165) is 11.3 Å². The number of ether oxygens (including phenoxy) is 2. The molecule has 0 saturated heterocycles. The van der Waals surface area contributed by atoms with Gasteiger partial charge < -0.3 is 14.6 Å². The predicted molar refractivity (Wildman–Crippen MR) is 75.5 cm³/mol. The number of phenols is 1. The third-order valence-corrected chi connectivity index (χ3v) is 2.63. The van der Waals surface area contributed by atoms with E-state index >= 15 is 0 Å². The van der Waals surface area contributed by atoms with Gasteiger partial charge in [-0.25, -0.2) is 0 Å². The molecule has 0 aromatic heterocycles. The summed E-state index contributed by atoms with van der Waals surface area (Å²) in [5.41, 5.74) is 2.00. The lowest BCUT2D eigenvalue weighted by atomic mass is 10.2. The normalized spacial score (nSPS) is 10.6. The molecule has 0 bridgehead atoms. The number of phenolic OH excluding ortho intramolecular Hbond substituents is 1. The van der Waals surface area contributed by atoms with Crippen LogP contribution in [0.5, 0.6) is 17.2 Å². The van der Waals surface area contributed by atoms with Crippen molar-refractivity contribution in [3.8, 4) is 17.2 Å². The van der Waals surface area contributed by atoms with Crippen LogP contribution in [-0.4, -0.2) is 12.2 Å². The van der Waals surface area contributed by atoms with E-state index in [9.17, 15) is 5.11 Å². The highest BCUT2D eigenvalue weighted by Gasteiger charge is 1.97. The molecule has 3 heteroatoms. The first-order valence-electron chi connectivity index (χ1n) is 5.95. The maximum Gasteiger partial charge on any atom is 0.126 e. The second kappa shape index (κ2) is 5.96. The van der Waals surface area contributed by atoms with Crippen molar-refractivity contribution >= 4 is 6.08 Å². The standard InChI is InChI=1S/C16H16O3/c1-12-3-5-15(6-4-12)19-8-7-13-9-14(17)11-16(10-13)18-2/h3-11,17H,1-2H3/b8-7+. The molecule has 0 amide bonds. The molecule has 0 spiro atoms. The lowest BCUT2D eigenvalue weighted by Crippen LogP contribution is -1.85. The zero-order chi connectivity index (χ0) is 13.7. The minimum absolute atomic E-state index is 0.161. The minimum Gasteiger partial charge on any atom is -0.508 e. The summed E-state index contributed by atoms with van der Waals surface area (Å²) in [6, 6.07) is 12.8. The number of rotatable bonds is 4. The average molecular weight is 256 g/mol. The molecule has 0 aliphatic rings. The fraction of sp³-hybridized carbons (Fsp3) is 0.125. The molecule has 98 valence electrons. The maximum absolute atomic E-state index is 9.52. The monoisotopic (exact) mass is 256 g/mol. The van der Waals surface area contributed by atoms with E-state index in [1.165, 1.54) is 5.56 Å². The third-order valence-electron chi connectivity index (χ3n) is 2.63. The number of aromatic hydroxyl groups is 1. The lowest BCUT2D eigenvalue weighted by Gasteiger charge is -2.03. The summed E-state index contributed by atoms with van der Waals surface area (Å²) in [5.74, 6) is 1.54. The van der Waals surface area contributed by atoms with Gasteiger partial charge in [-0.2, -0.15) is 0 Å². The van der Waals surface area contributed by atoms with Crippen LogP contribution >= 0.6 is 0 Å². The molecule has 0 aliphatic carbocycles. The summed E-state index contributed by atoms with van der Waals surface area (Å²) in [6.07, 6.45) is 3.35. The highest BCUT2D eigenvalue weighted by atomic mass is 16.5. The van der Waals surface area contributed by atoms with Gasteiger partial charge in [-0.05, 0) is 42.8 Å². The SMILES string of the molecule is COc1cc(O)cc(/C=C/Oc2ccc(C)cc2)c1. The van der Waals surface area contributed by atoms with Crippen LogP contribution in [0.4, 0.5) is 0 Å². The average Bonchev–Trinajstić information content (AvgIpc) is 2.40. The van der Waals surface area contributed by atoms with Crippen LogP contribution in [0.15, 0.2) is 48.7 Å². The number of benzene rings is 2. The minimum atomic E-state index is 0.161. The molecule has 2 aromatic rings. The molecule has 0 unspecified atom stereocenters. The molecule has 0 fully saturated rings. The van der Waals surface area contributed by atoms with E-state index in [2.05, 4.69) is 0 Å². The van der Waals surface area contributed by atoms with Gasteiger partial charge in [0.1, 0.15) is 17.2 Å². The second-order valence-corrected chi connectivity index (χ2v) is 4.20. The van der Waals surface area contributed by atoms with E-state index < -0.39 is 0 Å². The van der Waals surface area contributed by atoms with Crippen LogP contribution in [0.2, 0.25) is 0 Å². The first-order valence-corrected chi connectivity index (χ1v) is 5.95. The highest BCUT2D eigenvalue weighted by molar-refractivity contribution is 5.54. The molecule has 0 radical (unpaired) electrons. The molecule has 2 aromatic carbocycles. The van der Waals surface area contributed by atoms with Crippen molar-refractivity contribution in [2.45, 2.75) is 6.92 Å². The number of methoxy groups -OCH3 is 1. The Morgan fingerprint density at radius 2 is 1.74 bits per heavy atom. The Labute approximate surface area is 112 Å². The van der Waals surface area contributed by atoms with E-state index in [1.54, 1.807) is 31.6 Å². The Hall–Kier alpha value is -2.42. The number of aryl methyl sites for hydroxylation is 1. The van der Waals surface area contributed by atoms with Crippen LogP contribution in [0.1, 0.15) is 11.1 Å². The van der Waals surface area contributed by atoms with Gasteiger partial charge in [0, 0.05) is 6.07 Å². The van der Waals surface area contributed by atoms with Gasteiger partial charge in [0.05, 0.1) is 13.4 Å². The predicted octanol–water partition coefficient (Wildman–Crippen LogP) is 3.76. The van der Waals surface area contributed by atoms with Gasteiger partial charge in [-0.3, -0.25) is 0 Å². The lowest BCUT2D eigenvalue weighted by molar-refractivity contribution is 0.407. The van der Waals surface area contributed by atoms with Crippen LogP contribution < -0.4 is 9.47 Å². The quantitative estimate of drug-likeness (QED) is 0.846. The van der Waals surface area contributed by atoms with Crippen LogP contribution in [-0.2, 0) is 0 Å². The number of hydrogen-bond donors (Lipinski definition) is 1. The van der Waals surface area contributed by atoms with Gasteiger partial charge in [0.25, 0.3) is 0 Å². The summed E-state index contributed by atoms with van der Waals surface area (Å²) in [4.78, 5) is 0. The largest absolute Gasteiger partial charge is 0.508 e. The fourth-order valence-corrected chi connectivity index (χ4v) is 1.63. The van der Waals surface area contributed by atoms with Crippen molar-refractivity contribution in [2.75, 3.05) is 7.11 Å². The summed E-state index contributed by atoms with van der Waals surface area (Å²) in [5, 5.41) is 9.52. The summed E-state index contributed by atoms with van der Waals surface area (Å²) in [6.45, 7) is 2.03. The van der Waals surface area contributed by atoms with E-state index in [1.807, 2.05) is 37.3 Å². The van der Waals surface area contributed by atoms with Gasteiger partial charge in [0.15, 0.2) is 0 Å². The van der Waals surface area contributed by atoms with Crippen molar-refractivity contribution in [3.63, 3.8) is 0 Å².